The molecule has 30 heavy (non-hydrogen) atoms. The summed E-state index contributed by atoms with van der Waals surface area (Å²) in [4.78, 5) is 5.60. The van der Waals surface area contributed by atoms with Crippen LogP contribution in [0.5, 0.6) is 0 Å². The maximum absolute atomic E-state index is 5.60. The van der Waals surface area contributed by atoms with Crippen molar-refractivity contribution in [2.75, 3.05) is 0 Å². The lowest BCUT2D eigenvalue weighted by Crippen LogP contribution is -2.29. The van der Waals surface area contributed by atoms with Gasteiger partial charge in [-0.1, -0.05) is 108 Å². The summed E-state index contributed by atoms with van der Waals surface area (Å²) in [5.74, 6) is 2.51. The summed E-state index contributed by atoms with van der Waals surface area (Å²) in [7, 11) is 0. The second kappa shape index (κ2) is 12.4. The third-order valence-electron chi connectivity index (χ3n) is 8.92. The van der Waals surface area contributed by atoms with Crippen LogP contribution in [0.2, 0.25) is 0 Å². The molecule has 3 fully saturated rings. The van der Waals surface area contributed by atoms with Crippen molar-refractivity contribution in [3.63, 3.8) is 0 Å². The topological polar surface area (TPSA) is 12.4 Å². The van der Waals surface area contributed by atoms with Crippen LogP contribution < -0.4 is 0 Å². The van der Waals surface area contributed by atoms with Gasteiger partial charge in [-0.25, -0.2) is 0 Å². The molecule has 0 bridgehead atoms. The molecule has 3 aliphatic carbocycles. The minimum absolute atomic E-state index is 0.526. The largest absolute Gasteiger partial charge is 0.286 e. The zero-order valence-corrected chi connectivity index (χ0v) is 19.9. The summed E-state index contributed by atoms with van der Waals surface area (Å²) >= 11 is 0. The van der Waals surface area contributed by atoms with E-state index in [4.69, 9.17) is 4.99 Å². The second-order valence-electron chi connectivity index (χ2n) is 11.2. The summed E-state index contributed by atoms with van der Waals surface area (Å²) in [6.45, 7) is 0. The van der Waals surface area contributed by atoms with Crippen molar-refractivity contribution in [1.82, 2.24) is 0 Å². The summed E-state index contributed by atoms with van der Waals surface area (Å²) in [6.07, 6.45) is 34.5. The molecule has 1 unspecified atom stereocenters. The third kappa shape index (κ3) is 6.70. The Balaban J connectivity index is 1.53. The van der Waals surface area contributed by atoms with E-state index in [1.165, 1.54) is 141 Å². The number of allylic oxidation sites excluding steroid dienone is 1. The molecule has 0 spiro atoms. The van der Waals surface area contributed by atoms with Gasteiger partial charge in [0.2, 0.25) is 0 Å². The van der Waals surface area contributed by atoms with Gasteiger partial charge in [-0.15, -0.1) is 0 Å². The Labute approximate surface area is 187 Å². The predicted octanol–water partition coefficient (Wildman–Crippen LogP) is 9.21. The van der Waals surface area contributed by atoms with E-state index in [0.29, 0.717) is 6.04 Å². The first-order chi connectivity index (χ1) is 14.9. The van der Waals surface area contributed by atoms with Crippen molar-refractivity contribution in [2.45, 2.75) is 147 Å². The van der Waals surface area contributed by atoms with Gasteiger partial charge in [-0.05, 0) is 56.3 Å². The van der Waals surface area contributed by atoms with E-state index in [-0.39, 0.29) is 0 Å². The van der Waals surface area contributed by atoms with Crippen molar-refractivity contribution in [2.24, 2.45) is 22.7 Å². The molecule has 0 saturated heterocycles. The van der Waals surface area contributed by atoms with Gasteiger partial charge in [0.15, 0.2) is 0 Å². The predicted molar refractivity (Wildman–Crippen MR) is 131 cm³/mol. The van der Waals surface area contributed by atoms with E-state index >= 15 is 0 Å². The second-order valence-corrected chi connectivity index (χ2v) is 11.2. The normalized spacial score (nSPS) is 30.1. The van der Waals surface area contributed by atoms with Gasteiger partial charge >= 0.3 is 0 Å². The molecule has 4 rings (SSSR count). The quantitative estimate of drug-likeness (QED) is 0.410. The number of rotatable bonds is 3. The zero-order valence-electron chi connectivity index (χ0n) is 19.9. The molecule has 1 aliphatic heterocycles. The average Bonchev–Trinajstić information content (AvgIpc) is 2.67. The minimum Gasteiger partial charge on any atom is -0.286 e. The van der Waals surface area contributed by atoms with Crippen LogP contribution in [0.4, 0.5) is 0 Å². The first-order valence-electron chi connectivity index (χ1n) is 14.2. The molecule has 1 heterocycles. The van der Waals surface area contributed by atoms with Gasteiger partial charge in [-0.2, -0.15) is 0 Å². The van der Waals surface area contributed by atoms with Gasteiger partial charge in [0.25, 0.3) is 0 Å². The number of dihydropyridines is 1. The first kappa shape index (κ1) is 22.6. The molecule has 0 aromatic rings. The van der Waals surface area contributed by atoms with Gasteiger partial charge < -0.3 is 0 Å². The zero-order chi connectivity index (χ0) is 20.4. The molecule has 0 amide bonds. The van der Waals surface area contributed by atoms with Crippen molar-refractivity contribution < 1.29 is 0 Å². The standard InChI is InChI=1S/C29H49N/c1-4-10-16-24(17-11-5-1)27-22-28(25-18-12-6-2-7-13-19-25)30-29(23-27)26-20-14-8-3-9-15-21-26/h22,24-26,28H,1-21,23H2. The molecule has 1 atom stereocenters. The van der Waals surface area contributed by atoms with E-state index in [9.17, 15) is 0 Å². The summed E-state index contributed by atoms with van der Waals surface area (Å²) < 4.78 is 0. The number of nitrogens with zero attached hydrogens (tertiary/aromatic N) is 1. The van der Waals surface area contributed by atoms with Crippen molar-refractivity contribution in [1.29, 1.82) is 0 Å². The van der Waals surface area contributed by atoms with Crippen molar-refractivity contribution >= 4 is 5.71 Å². The van der Waals surface area contributed by atoms with Crippen LogP contribution in [-0.4, -0.2) is 11.8 Å². The Morgan fingerprint density at radius 2 is 0.933 bits per heavy atom. The Bertz CT molecular complexity index is 497. The Morgan fingerprint density at radius 1 is 0.500 bits per heavy atom. The van der Waals surface area contributed by atoms with Crippen LogP contribution in [0.3, 0.4) is 0 Å². The highest BCUT2D eigenvalue weighted by atomic mass is 14.8. The average molecular weight is 412 g/mol. The maximum atomic E-state index is 5.60. The number of hydrogen-bond acceptors (Lipinski definition) is 1. The number of aliphatic imine (C=N–C) groups is 1. The van der Waals surface area contributed by atoms with Crippen LogP contribution in [-0.2, 0) is 0 Å². The highest BCUT2D eigenvalue weighted by molar-refractivity contribution is 5.90. The SMILES string of the molecule is C1=C(C2CCCCCCC2)CC(C2CCCCCCC2)=NC1C1CCCCCCC1. The fourth-order valence-corrected chi connectivity index (χ4v) is 6.98. The van der Waals surface area contributed by atoms with E-state index < -0.39 is 0 Å². The van der Waals surface area contributed by atoms with Gasteiger partial charge in [0.05, 0.1) is 6.04 Å². The van der Waals surface area contributed by atoms with Gasteiger partial charge in [0.1, 0.15) is 0 Å². The summed E-state index contributed by atoms with van der Waals surface area (Å²) in [5, 5.41) is 0. The molecule has 0 radical (unpaired) electrons. The lowest BCUT2D eigenvalue weighted by atomic mass is 9.76. The van der Waals surface area contributed by atoms with Crippen molar-refractivity contribution in [3.05, 3.63) is 11.6 Å². The Hall–Kier alpha value is -0.590. The van der Waals surface area contributed by atoms with Crippen molar-refractivity contribution in [3.8, 4) is 0 Å². The lowest BCUT2D eigenvalue weighted by Gasteiger charge is -2.34. The summed E-state index contributed by atoms with van der Waals surface area (Å²) in [6, 6.07) is 0.526. The summed E-state index contributed by atoms with van der Waals surface area (Å²) in [5.41, 5.74) is 3.50. The van der Waals surface area contributed by atoms with Crippen LogP contribution >= 0.6 is 0 Å². The van der Waals surface area contributed by atoms with Gasteiger partial charge in [-0.3, -0.25) is 4.99 Å². The van der Waals surface area contributed by atoms with Crippen LogP contribution in [0.25, 0.3) is 0 Å². The highest BCUT2D eigenvalue weighted by Crippen LogP contribution is 2.38. The molecular formula is C29H49N. The van der Waals surface area contributed by atoms with Gasteiger partial charge in [0, 0.05) is 12.1 Å². The van der Waals surface area contributed by atoms with E-state index in [1.807, 2.05) is 5.57 Å². The third-order valence-corrected chi connectivity index (χ3v) is 8.92. The van der Waals surface area contributed by atoms with E-state index in [0.717, 1.165) is 17.8 Å². The molecule has 3 saturated carbocycles. The molecule has 0 N–H and O–H groups in total. The molecule has 1 heteroatoms. The van der Waals surface area contributed by atoms with E-state index in [1.54, 1.807) is 5.71 Å². The molecule has 170 valence electrons. The smallest absolute Gasteiger partial charge is 0.0710 e. The fraction of sp³-hybridized carbons (Fsp3) is 0.897. The lowest BCUT2D eigenvalue weighted by molar-refractivity contribution is 0.344. The number of hydrogen-bond donors (Lipinski definition) is 0. The molecule has 4 aliphatic rings. The molecular weight excluding hydrogens is 362 g/mol. The van der Waals surface area contributed by atoms with Crippen LogP contribution in [0.15, 0.2) is 16.6 Å². The van der Waals surface area contributed by atoms with E-state index in [2.05, 4.69) is 6.08 Å². The van der Waals surface area contributed by atoms with Crippen LogP contribution in [0.1, 0.15) is 141 Å². The molecule has 0 aromatic carbocycles. The Kier molecular flexibility index (Phi) is 9.38. The Morgan fingerprint density at radius 3 is 1.47 bits per heavy atom. The molecule has 0 aromatic heterocycles. The highest BCUT2D eigenvalue weighted by Gasteiger charge is 2.30. The monoisotopic (exact) mass is 411 g/mol. The minimum atomic E-state index is 0.526. The van der Waals surface area contributed by atoms with Crippen LogP contribution in [0, 0.1) is 17.8 Å². The fourth-order valence-electron chi connectivity index (χ4n) is 6.98. The molecule has 1 nitrogen and oxygen atoms in total. The maximum Gasteiger partial charge on any atom is 0.0710 e. The first-order valence-corrected chi connectivity index (χ1v) is 14.2.